The number of hydrazone groups is 1. The van der Waals surface area contributed by atoms with Gasteiger partial charge in [-0.2, -0.15) is 5.10 Å². The van der Waals surface area contributed by atoms with Crippen molar-refractivity contribution in [3.63, 3.8) is 0 Å². The Kier molecular flexibility index (Phi) is 3.50. The lowest BCUT2D eigenvalue weighted by molar-refractivity contribution is 0.00578. The van der Waals surface area contributed by atoms with Crippen LogP contribution >= 0.6 is 0 Å². The summed E-state index contributed by atoms with van der Waals surface area (Å²) in [5, 5.41) is 5.52. The van der Waals surface area contributed by atoms with E-state index >= 15 is 0 Å². The Morgan fingerprint density at radius 2 is 1.69 bits per heavy atom. The Hall–Kier alpha value is -0.805. The zero-order valence-corrected chi connectivity index (χ0v) is 11.1. The number of allylic oxidation sites excluding steroid dienone is 1. The molecule has 0 bridgehead atoms. The molecular weight excluding hydrogens is 203 g/mol. The smallest absolute Gasteiger partial charge is 0.398 e. The van der Waals surface area contributed by atoms with Gasteiger partial charge in [-0.25, -0.2) is 0 Å². The van der Waals surface area contributed by atoms with E-state index in [1.807, 2.05) is 47.7 Å². The minimum absolute atomic E-state index is 0.325. The van der Waals surface area contributed by atoms with Crippen molar-refractivity contribution in [2.75, 3.05) is 7.05 Å². The van der Waals surface area contributed by atoms with E-state index in [0.29, 0.717) is 0 Å². The van der Waals surface area contributed by atoms with Gasteiger partial charge in [-0.1, -0.05) is 6.08 Å². The molecule has 1 saturated heterocycles. The van der Waals surface area contributed by atoms with Gasteiger partial charge in [-0.15, -0.1) is 0 Å². The fourth-order valence-electron chi connectivity index (χ4n) is 1.52. The summed E-state index contributed by atoms with van der Waals surface area (Å²) < 4.78 is 11.8. The fraction of sp³-hybridized carbons (Fsp3) is 0.727. The summed E-state index contributed by atoms with van der Waals surface area (Å²) in [6, 6.07) is 0. The molecule has 0 aliphatic carbocycles. The maximum Gasteiger partial charge on any atom is 0.513 e. The van der Waals surface area contributed by atoms with Crippen molar-refractivity contribution in [1.29, 1.82) is 0 Å². The molecule has 1 heterocycles. The molecule has 5 heteroatoms. The monoisotopic (exact) mass is 224 g/mol. The van der Waals surface area contributed by atoms with Crippen molar-refractivity contribution >= 4 is 13.8 Å². The fourth-order valence-corrected chi connectivity index (χ4v) is 1.52. The number of nitrogens with zero attached hydrogens (tertiary/aromatic N) is 2. The van der Waals surface area contributed by atoms with Gasteiger partial charge < -0.3 is 9.31 Å². The quantitative estimate of drug-likeness (QED) is 0.418. The maximum absolute atomic E-state index is 5.92. The van der Waals surface area contributed by atoms with E-state index in [1.54, 1.807) is 5.01 Å². The lowest BCUT2D eigenvalue weighted by Crippen LogP contribution is -2.41. The van der Waals surface area contributed by atoms with Crippen molar-refractivity contribution in [2.45, 2.75) is 45.8 Å². The van der Waals surface area contributed by atoms with Crippen LogP contribution in [-0.2, 0) is 9.31 Å². The molecule has 0 aromatic rings. The molecular formula is C11H21BN2O2. The van der Waals surface area contributed by atoms with Crippen molar-refractivity contribution in [1.82, 2.24) is 5.01 Å². The van der Waals surface area contributed by atoms with Crippen LogP contribution in [0.5, 0.6) is 0 Å². The lowest BCUT2D eigenvalue weighted by atomic mass is 9.84. The minimum atomic E-state index is -0.384. The zero-order valence-electron chi connectivity index (χ0n) is 11.1. The second-order valence-corrected chi connectivity index (χ2v) is 4.97. The Morgan fingerprint density at radius 3 is 2.00 bits per heavy atom. The van der Waals surface area contributed by atoms with Crippen LogP contribution in [0.2, 0.25) is 0 Å². The van der Waals surface area contributed by atoms with Gasteiger partial charge in [0.25, 0.3) is 0 Å². The Bertz CT molecular complexity index is 297. The normalized spacial score (nSPS) is 23.4. The number of hydrogen-bond acceptors (Lipinski definition) is 4. The molecule has 16 heavy (non-hydrogen) atoms. The minimum Gasteiger partial charge on any atom is -0.398 e. The first kappa shape index (κ1) is 13.3. The second kappa shape index (κ2) is 4.22. The Morgan fingerprint density at radius 1 is 1.25 bits per heavy atom. The summed E-state index contributed by atoms with van der Waals surface area (Å²) in [5.74, 6) is 0. The predicted molar refractivity (Wildman–Crippen MR) is 67.2 cm³/mol. The van der Waals surface area contributed by atoms with Crippen LogP contribution < -0.4 is 0 Å². The van der Waals surface area contributed by atoms with E-state index < -0.39 is 0 Å². The van der Waals surface area contributed by atoms with E-state index in [0.717, 1.165) is 5.60 Å². The first-order chi connectivity index (χ1) is 7.25. The second-order valence-electron chi connectivity index (χ2n) is 4.97. The van der Waals surface area contributed by atoms with Gasteiger partial charge in [0.2, 0.25) is 0 Å². The highest BCUT2D eigenvalue weighted by Gasteiger charge is 2.53. The topological polar surface area (TPSA) is 34.1 Å². The van der Waals surface area contributed by atoms with Crippen molar-refractivity contribution in [3.05, 3.63) is 11.7 Å². The third-order valence-corrected chi connectivity index (χ3v) is 3.38. The van der Waals surface area contributed by atoms with E-state index in [2.05, 4.69) is 11.8 Å². The maximum atomic E-state index is 5.92. The number of hydrogen-bond donors (Lipinski definition) is 0. The molecule has 0 N–H and O–H groups in total. The van der Waals surface area contributed by atoms with Crippen LogP contribution in [0.15, 0.2) is 16.8 Å². The van der Waals surface area contributed by atoms with Crippen LogP contribution in [-0.4, -0.2) is 37.1 Å². The largest absolute Gasteiger partial charge is 0.513 e. The van der Waals surface area contributed by atoms with Crippen LogP contribution in [0.25, 0.3) is 0 Å². The first-order valence-corrected chi connectivity index (χ1v) is 5.47. The van der Waals surface area contributed by atoms with Gasteiger partial charge >= 0.3 is 7.12 Å². The van der Waals surface area contributed by atoms with E-state index in [1.165, 1.54) is 0 Å². The molecule has 1 aliphatic rings. The Balaban J connectivity index is 2.91. The van der Waals surface area contributed by atoms with Crippen LogP contribution in [0, 0.1) is 0 Å². The van der Waals surface area contributed by atoms with Gasteiger partial charge in [0.15, 0.2) is 0 Å². The molecule has 0 aromatic carbocycles. The van der Waals surface area contributed by atoms with Gasteiger partial charge in [0.05, 0.1) is 16.8 Å². The van der Waals surface area contributed by atoms with E-state index in [-0.39, 0.29) is 18.3 Å². The standard InChI is InChI=1S/C11H21BN2O2/c1-8-9(14(7)13-6)12-15-10(2,3)11(4,5)16-12/h8H,6H2,1-5,7H3/b9-8-. The summed E-state index contributed by atoms with van der Waals surface area (Å²) in [4.78, 5) is 0. The third-order valence-electron chi connectivity index (χ3n) is 3.38. The molecule has 90 valence electrons. The number of rotatable bonds is 3. The molecule has 1 fully saturated rings. The average molecular weight is 224 g/mol. The summed E-state index contributed by atoms with van der Waals surface area (Å²) in [6.45, 7) is 13.5. The zero-order chi connectivity index (χ0) is 12.6. The highest BCUT2D eigenvalue weighted by Crippen LogP contribution is 2.38. The SMILES string of the molecule is C=NN(C)/C(=C\C)B1OC(C)(C)C(C)(C)O1. The molecule has 0 spiro atoms. The molecule has 4 nitrogen and oxygen atoms in total. The average Bonchev–Trinajstić information content (AvgIpc) is 2.36. The van der Waals surface area contributed by atoms with E-state index in [4.69, 9.17) is 9.31 Å². The van der Waals surface area contributed by atoms with Crippen LogP contribution in [0.3, 0.4) is 0 Å². The first-order valence-electron chi connectivity index (χ1n) is 5.47. The third kappa shape index (κ3) is 2.15. The summed E-state index contributed by atoms with van der Waals surface area (Å²) in [7, 11) is 1.44. The van der Waals surface area contributed by atoms with Gasteiger partial charge in [-0.05, 0) is 34.6 Å². The van der Waals surface area contributed by atoms with Gasteiger partial charge in [-0.3, -0.25) is 5.01 Å². The highest BCUT2D eigenvalue weighted by atomic mass is 16.7. The highest BCUT2D eigenvalue weighted by molar-refractivity contribution is 6.54. The van der Waals surface area contributed by atoms with Crippen LogP contribution in [0.1, 0.15) is 34.6 Å². The summed E-state index contributed by atoms with van der Waals surface area (Å²) in [6.07, 6.45) is 1.93. The molecule has 0 radical (unpaired) electrons. The van der Waals surface area contributed by atoms with Crippen LogP contribution in [0.4, 0.5) is 0 Å². The Labute approximate surface area is 98.4 Å². The summed E-state index contributed by atoms with van der Waals surface area (Å²) >= 11 is 0. The molecule has 0 unspecified atom stereocenters. The van der Waals surface area contributed by atoms with Gasteiger partial charge in [0, 0.05) is 13.8 Å². The molecule has 0 amide bonds. The molecule has 0 saturated carbocycles. The van der Waals surface area contributed by atoms with Crippen molar-refractivity contribution < 1.29 is 9.31 Å². The lowest BCUT2D eigenvalue weighted by Gasteiger charge is -2.32. The van der Waals surface area contributed by atoms with Crippen molar-refractivity contribution in [3.8, 4) is 0 Å². The molecule has 0 atom stereocenters. The predicted octanol–water partition coefficient (Wildman–Crippen LogP) is 2.07. The molecule has 1 aliphatic heterocycles. The van der Waals surface area contributed by atoms with Gasteiger partial charge in [0.1, 0.15) is 0 Å². The summed E-state index contributed by atoms with van der Waals surface area (Å²) in [5.41, 5.74) is 0.218. The molecule has 1 rings (SSSR count). The van der Waals surface area contributed by atoms with E-state index in [9.17, 15) is 0 Å². The molecule has 0 aromatic heterocycles. The van der Waals surface area contributed by atoms with Crippen molar-refractivity contribution in [2.24, 2.45) is 5.10 Å².